The van der Waals surface area contributed by atoms with Gasteiger partial charge in [0.2, 0.25) is 5.91 Å². The van der Waals surface area contributed by atoms with Crippen molar-refractivity contribution in [2.45, 2.75) is 44.6 Å². The summed E-state index contributed by atoms with van der Waals surface area (Å²) in [5.74, 6) is 1.83. The van der Waals surface area contributed by atoms with Gasteiger partial charge < -0.3 is 19.3 Å². The monoisotopic (exact) mass is 583 g/mol. The molecule has 2 aromatic carbocycles. The van der Waals surface area contributed by atoms with Crippen LogP contribution < -0.4 is 14.4 Å². The summed E-state index contributed by atoms with van der Waals surface area (Å²) >= 11 is 1.37. The zero-order valence-electron chi connectivity index (χ0n) is 23.7. The summed E-state index contributed by atoms with van der Waals surface area (Å²) in [7, 11) is 1.64. The predicted molar refractivity (Wildman–Crippen MR) is 161 cm³/mol. The average molecular weight is 584 g/mol. The van der Waals surface area contributed by atoms with Crippen molar-refractivity contribution in [1.29, 1.82) is 0 Å². The molecule has 2 aliphatic heterocycles. The van der Waals surface area contributed by atoms with Crippen molar-refractivity contribution in [3.63, 3.8) is 0 Å². The van der Waals surface area contributed by atoms with Gasteiger partial charge in [-0.3, -0.25) is 9.59 Å². The quantitative estimate of drug-likeness (QED) is 0.320. The fourth-order valence-corrected chi connectivity index (χ4v) is 6.75. The number of fused-ring (bicyclic) bond motifs is 5. The van der Waals surface area contributed by atoms with Gasteiger partial charge in [-0.25, -0.2) is 15.0 Å². The molecular weight excluding hydrogens is 550 g/mol. The lowest BCUT2D eigenvalue weighted by Crippen LogP contribution is -2.41. The minimum absolute atomic E-state index is 0.00659. The van der Waals surface area contributed by atoms with Crippen molar-refractivity contribution >= 4 is 28.8 Å². The van der Waals surface area contributed by atoms with E-state index in [1.807, 2.05) is 46.2 Å². The number of hydrogen-bond acceptors (Lipinski definition) is 8. The third-order valence-corrected chi connectivity index (χ3v) is 8.80. The minimum atomic E-state index is -0.111. The fourth-order valence-electron chi connectivity index (χ4n) is 6.02. The topological polar surface area (TPSA) is 97.8 Å². The molecule has 42 heavy (non-hydrogen) atoms. The Hall–Kier alpha value is -4.31. The molecule has 10 heteroatoms. The van der Waals surface area contributed by atoms with E-state index >= 15 is 0 Å². The zero-order valence-corrected chi connectivity index (χ0v) is 24.5. The van der Waals surface area contributed by atoms with Gasteiger partial charge in [-0.05, 0) is 61.1 Å². The lowest BCUT2D eigenvalue weighted by molar-refractivity contribution is -0.117. The number of amides is 2. The predicted octanol–water partition coefficient (Wildman–Crippen LogP) is 5.38. The van der Waals surface area contributed by atoms with Crippen LogP contribution in [-0.2, 0) is 11.2 Å². The molecule has 2 bridgehead atoms. The summed E-state index contributed by atoms with van der Waals surface area (Å²) in [5.41, 5.74) is 3.55. The van der Waals surface area contributed by atoms with Crippen LogP contribution in [0.15, 0.2) is 66.3 Å². The van der Waals surface area contributed by atoms with Gasteiger partial charge in [0.1, 0.15) is 5.69 Å². The number of benzene rings is 2. The highest BCUT2D eigenvalue weighted by atomic mass is 32.1. The Kier molecular flexibility index (Phi) is 8.14. The minimum Gasteiger partial charge on any atom is -0.493 e. The van der Waals surface area contributed by atoms with E-state index in [-0.39, 0.29) is 23.8 Å². The first kappa shape index (κ1) is 27.8. The van der Waals surface area contributed by atoms with Gasteiger partial charge in [-0.2, -0.15) is 0 Å². The van der Waals surface area contributed by atoms with Crippen LogP contribution in [0.1, 0.15) is 53.7 Å². The molecule has 2 atom stereocenters. The van der Waals surface area contributed by atoms with E-state index in [4.69, 9.17) is 9.47 Å². The molecule has 0 aliphatic carbocycles. The number of nitrogens with zero attached hydrogens (tertiary/aromatic N) is 5. The molecule has 0 saturated carbocycles. The normalized spacial score (nSPS) is 18.8. The lowest BCUT2D eigenvalue weighted by atomic mass is 9.87. The molecule has 0 saturated heterocycles. The standard InChI is InChI=1S/C32H33N5O4S/c1-21(38)37-26-9-4-3-8-23(26)24-12-16-36(32(39)25-20-42-31(35-25)30-33-13-7-14-34-30)15-5-6-17-41-29-19-22(18-27(24)37)10-11-28(29)40-2/h3-4,7-11,13-14,19-20,24,27H,5-6,12,15-18H2,1-2H3/t24-,27-/m1/s1. The van der Waals surface area contributed by atoms with Crippen LogP contribution in [0.4, 0.5) is 5.69 Å². The molecule has 0 spiro atoms. The fraction of sp³-hybridized carbons (Fsp3) is 0.344. The van der Waals surface area contributed by atoms with Gasteiger partial charge in [0.15, 0.2) is 22.3 Å². The first-order chi connectivity index (χ1) is 20.5. The second kappa shape index (κ2) is 12.3. The number of thiazole rings is 1. The van der Waals surface area contributed by atoms with Crippen LogP contribution in [0, 0.1) is 0 Å². The van der Waals surface area contributed by atoms with Crippen LogP contribution in [-0.4, -0.2) is 64.5 Å². The number of anilines is 1. The maximum Gasteiger partial charge on any atom is 0.273 e. The number of carbonyl (C=O) groups is 2. The molecular formula is C32H33N5O4S. The van der Waals surface area contributed by atoms with Gasteiger partial charge in [0.05, 0.1) is 13.7 Å². The number of carbonyl (C=O) groups excluding carboxylic acids is 2. The first-order valence-corrected chi connectivity index (χ1v) is 15.1. The number of para-hydroxylation sites is 1. The van der Waals surface area contributed by atoms with Gasteiger partial charge in [-0.15, -0.1) is 11.3 Å². The number of hydrogen-bond donors (Lipinski definition) is 0. The van der Waals surface area contributed by atoms with E-state index in [9.17, 15) is 9.59 Å². The van der Waals surface area contributed by atoms with Crippen molar-refractivity contribution in [1.82, 2.24) is 19.9 Å². The third kappa shape index (κ3) is 5.59. The molecule has 0 radical (unpaired) electrons. The largest absolute Gasteiger partial charge is 0.493 e. The van der Waals surface area contributed by atoms with E-state index in [1.165, 1.54) is 11.3 Å². The molecule has 0 N–H and O–H groups in total. The molecule has 4 aromatic rings. The van der Waals surface area contributed by atoms with Crippen LogP contribution in [0.2, 0.25) is 0 Å². The van der Waals surface area contributed by atoms with E-state index in [1.54, 1.807) is 37.9 Å². The number of rotatable bonds is 3. The third-order valence-electron chi connectivity index (χ3n) is 7.96. The van der Waals surface area contributed by atoms with Crippen molar-refractivity contribution in [2.24, 2.45) is 0 Å². The summed E-state index contributed by atoms with van der Waals surface area (Å²) in [6, 6.07) is 15.8. The van der Waals surface area contributed by atoms with Gasteiger partial charge in [0, 0.05) is 55.4 Å². The average Bonchev–Trinajstić information content (AvgIpc) is 3.62. The van der Waals surface area contributed by atoms with E-state index < -0.39 is 0 Å². The van der Waals surface area contributed by atoms with Crippen molar-refractivity contribution in [3.8, 4) is 22.3 Å². The van der Waals surface area contributed by atoms with Crippen molar-refractivity contribution in [3.05, 3.63) is 83.1 Å². The van der Waals surface area contributed by atoms with Gasteiger partial charge in [0.25, 0.3) is 5.91 Å². The van der Waals surface area contributed by atoms with Gasteiger partial charge in [-0.1, -0.05) is 24.3 Å². The smallest absolute Gasteiger partial charge is 0.273 e. The second-order valence-electron chi connectivity index (χ2n) is 10.6. The molecule has 2 aromatic heterocycles. The van der Waals surface area contributed by atoms with Crippen LogP contribution >= 0.6 is 11.3 Å². The highest BCUT2D eigenvalue weighted by molar-refractivity contribution is 7.13. The van der Waals surface area contributed by atoms with Crippen molar-refractivity contribution < 1.29 is 19.1 Å². The van der Waals surface area contributed by atoms with Crippen LogP contribution in [0.25, 0.3) is 10.8 Å². The maximum atomic E-state index is 13.8. The highest BCUT2D eigenvalue weighted by Gasteiger charge is 2.40. The van der Waals surface area contributed by atoms with E-state index in [2.05, 4.69) is 21.0 Å². The Labute approximate surface area is 249 Å². The summed E-state index contributed by atoms with van der Waals surface area (Å²) in [6.07, 6.45) is 6.26. The summed E-state index contributed by atoms with van der Waals surface area (Å²) in [6.45, 7) is 3.25. The van der Waals surface area contributed by atoms with Gasteiger partial charge >= 0.3 is 0 Å². The molecule has 6 rings (SSSR count). The second-order valence-corrected chi connectivity index (χ2v) is 11.4. The van der Waals surface area contributed by atoms with Crippen LogP contribution in [0.3, 0.4) is 0 Å². The van der Waals surface area contributed by atoms with Crippen LogP contribution in [0.5, 0.6) is 11.5 Å². The summed E-state index contributed by atoms with van der Waals surface area (Å²) in [5, 5.41) is 2.40. The number of ether oxygens (including phenoxy) is 2. The molecule has 0 fully saturated rings. The summed E-state index contributed by atoms with van der Waals surface area (Å²) < 4.78 is 11.7. The number of aromatic nitrogens is 3. The van der Waals surface area contributed by atoms with E-state index in [0.717, 1.165) is 36.1 Å². The molecule has 2 aliphatic rings. The zero-order chi connectivity index (χ0) is 29.1. The maximum absolute atomic E-state index is 13.8. The molecule has 0 unspecified atom stereocenters. The first-order valence-electron chi connectivity index (χ1n) is 14.2. The molecule has 216 valence electrons. The lowest BCUT2D eigenvalue weighted by Gasteiger charge is -2.30. The Balaban J connectivity index is 1.32. The SMILES string of the molecule is COc1ccc2cc1OCCCCN(C(=O)c1csc(-c3ncccn3)n1)CC[C@@H]1c3ccccc3N(C(C)=O)[C@@H]1C2. The number of methoxy groups -OCH3 is 1. The summed E-state index contributed by atoms with van der Waals surface area (Å²) in [4.78, 5) is 43.8. The Morgan fingerprint density at radius 2 is 1.88 bits per heavy atom. The molecule has 4 heterocycles. The van der Waals surface area contributed by atoms with E-state index in [0.29, 0.717) is 54.1 Å². The Bertz CT molecular complexity index is 1580. The molecule has 9 nitrogen and oxygen atoms in total. The Morgan fingerprint density at radius 1 is 1.05 bits per heavy atom. The Morgan fingerprint density at radius 3 is 2.69 bits per heavy atom. The molecule has 2 amide bonds. The highest BCUT2D eigenvalue weighted by Crippen LogP contribution is 2.44. The van der Waals surface area contributed by atoms with Crippen molar-refractivity contribution in [2.75, 3.05) is 31.7 Å².